The van der Waals surface area contributed by atoms with Crippen LogP contribution in [0.1, 0.15) is 23.9 Å². The van der Waals surface area contributed by atoms with Crippen molar-refractivity contribution in [1.82, 2.24) is 15.0 Å². The Kier molecular flexibility index (Phi) is 5.96. The number of imidazole rings is 1. The first-order chi connectivity index (χ1) is 12.5. The molecule has 0 bridgehead atoms. The molecule has 0 aliphatic heterocycles. The van der Waals surface area contributed by atoms with Gasteiger partial charge in [-0.1, -0.05) is 53.7 Å². The number of thioether (sulfide) groups is 1. The fourth-order valence-corrected chi connectivity index (χ4v) is 3.37. The molecule has 2 heterocycles. The van der Waals surface area contributed by atoms with Gasteiger partial charge in [-0.2, -0.15) is 0 Å². The molecule has 1 aromatic carbocycles. The molecule has 134 valence electrons. The minimum atomic E-state index is -0.317. The van der Waals surface area contributed by atoms with Crippen molar-refractivity contribution in [2.45, 2.75) is 30.7 Å². The molecular weight excluding hydrogens is 368 g/mol. The molecule has 0 saturated heterocycles. The van der Waals surface area contributed by atoms with Gasteiger partial charge in [0.2, 0.25) is 5.91 Å². The summed E-state index contributed by atoms with van der Waals surface area (Å²) < 4.78 is 0. The topological polar surface area (TPSA) is 70.7 Å². The number of benzene rings is 1. The van der Waals surface area contributed by atoms with Crippen LogP contribution in [0.3, 0.4) is 0 Å². The van der Waals surface area contributed by atoms with Crippen LogP contribution < -0.4 is 5.32 Å². The van der Waals surface area contributed by atoms with E-state index in [-0.39, 0.29) is 11.2 Å². The third kappa shape index (κ3) is 4.86. The number of aryl methyl sites for hydroxylation is 1. The summed E-state index contributed by atoms with van der Waals surface area (Å²) in [5.74, 6) is 0.343. The van der Waals surface area contributed by atoms with Gasteiger partial charge < -0.3 is 10.3 Å². The number of amides is 1. The lowest BCUT2D eigenvalue weighted by molar-refractivity contribution is -0.115. The van der Waals surface area contributed by atoms with Gasteiger partial charge in [-0.3, -0.25) is 4.79 Å². The van der Waals surface area contributed by atoms with E-state index >= 15 is 0 Å². The van der Waals surface area contributed by atoms with Crippen molar-refractivity contribution in [1.29, 1.82) is 0 Å². The summed E-state index contributed by atoms with van der Waals surface area (Å²) in [7, 11) is 0. The number of carbonyl (C=O) groups excluding carboxylic acids is 1. The summed E-state index contributed by atoms with van der Waals surface area (Å²) in [4.78, 5) is 24.3. The number of aromatic nitrogens is 3. The Bertz CT molecular complexity index is 880. The van der Waals surface area contributed by atoms with Crippen LogP contribution in [0.5, 0.6) is 0 Å². The van der Waals surface area contributed by atoms with Gasteiger partial charge in [0.1, 0.15) is 5.82 Å². The molecule has 2 aromatic heterocycles. The number of H-pyrrole nitrogens is 1. The largest absolute Gasteiger partial charge is 0.337 e. The molecule has 2 N–H and O–H groups in total. The fraction of sp³-hybridized carbons (Fsp3) is 0.211. The van der Waals surface area contributed by atoms with Gasteiger partial charge in [0.05, 0.1) is 16.0 Å². The Morgan fingerprint density at radius 1 is 1.27 bits per heavy atom. The molecular formula is C19H19ClN4OS. The number of aromatic amines is 1. The number of rotatable bonds is 6. The summed E-state index contributed by atoms with van der Waals surface area (Å²) in [6.45, 7) is 3.84. The van der Waals surface area contributed by atoms with Crippen LogP contribution >= 0.6 is 23.4 Å². The highest BCUT2D eigenvalue weighted by Crippen LogP contribution is 2.24. The maximum Gasteiger partial charge on any atom is 0.238 e. The zero-order valence-electron chi connectivity index (χ0n) is 14.5. The number of nitrogens with zero attached hydrogens (tertiary/aromatic N) is 2. The highest BCUT2D eigenvalue weighted by atomic mass is 35.5. The first kappa shape index (κ1) is 18.5. The standard InChI is InChI=1S/C19H19ClN4OS/c1-12-16(10-14-6-4-3-5-7-14)23-19(22-12)26-13(2)18(25)24-17-9-8-15(20)11-21-17/h3-9,11,13H,10H2,1-2H3,(H,22,23)(H,21,24,25)/t13-/m0/s1. The second-order valence-corrected chi connectivity index (χ2v) is 7.65. The monoisotopic (exact) mass is 386 g/mol. The Labute approximate surface area is 161 Å². The van der Waals surface area contributed by atoms with Crippen molar-refractivity contribution >= 4 is 35.1 Å². The molecule has 3 rings (SSSR count). The van der Waals surface area contributed by atoms with Crippen LogP contribution in [0.15, 0.2) is 53.8 Å². The van der Waals surface area contributed by atoms with Crippen molar-refractivity contribution in [3.63, 3.8) is 0 Å². The third-order valence-electron chi connectivity index (χ3n) is 3.81. The Morgan fingerprint density at radius 2 is 2.04 bits per heavy atom. The van der Waals surface area contributed by atoms with E-state index in [1.165, 1.54) is 23.5 Å². The molecule has 0 aliphatic carbocycles. The number of nitrogens with one attached hydrogen (secondary N) is 2. The lowest BCUT2D eigenvalue weighted by atomic mass is 10.1. The van der Waals surface area contributed by atoms with E-state index in [0.29, 0.717) is 10.8 Å². The number of halogens is 1. The van der Waals surface area contributed by atoms with Crippen LogP contribution in [0.4, 0.5) is 5.82 Å². The quantitative estimate of drug-likeness (QED) is 0.613. The number of hydrogen-bond donors (Lipinski definition) is 2. The Hall–Kier alpha value is -2.31. The van der Waals surface area contributed by atoms with Crippen molar-refractivity contribution in [2.24, 2.45) is 0 Å². The molecule has 0 unspecified atom stereocenters. The van der Waals surface area contributed by atoms with Crippen molar-refractivity contribution < 1.29 is 4.79 Å². The average molecular weight is 387 g/mol. The number of pyridine rings is 1. The van der Waals surface area contributed by atoms with Crippen LogP contribution in [-0.2, 0) is 11.2 Å². The van der Waals surface area contributed by atoms with Gasteiger partial charge in [-0.15, -0.1) is 0 Å². The molecule has 1 atom stereocenters. The highest BCUT2D eigenvalue weighted by molar-refractivity contribution is 8.00. The van der Waals surface area contributed by atoms with Crippen molar-refractivity contribution in [3.8, 4) is 0 Å². The van der Waals surface area contributed by atoms with Gasteiger partial charge in [0, 0.05) is 18.3 Å². The van der Waals surface area contributed by atoms with E-state index in [0.717, 1.165) is 23.0 Å². The van der Waals surface area contributed by atoms with Crippen LogP contribution in [0.25, 0.3) is 0 Å². The van der Waals surface area contributed by atoms with Crippen LogP contribution in [0, 0.1) is 6.92 Å². The molecule has 0 spiro atoms. The van der Waals surface area contributed by atoms with E-state index in [1.807, 2.05) is 32.0 Å². The van der Waals surface area contributed by atoms with Crippen molar-refractivity contribution in [2.75, 3.05) is 5.32 Å². The Balaban J connectivity index is 1.62. The van der Waals surface area contributed by atoms with Gasteiger partial charge in [-0.25, -0.2) is 9.97 Å². The molecule has 3 aromatic rings. The van der Waals surface area contributed by atoms with E-state index in [4.69, 9.17) is 11.6 Å². The van der Waals surface area contributed by atoms with E-state index in [1.54, 1.807) is 12.1 Å². The number of carbonyl (C=O) groups is 1. The second-order valence-electron chi connectivity index (χ2n) is 5.89. The van der Waals surface area contributed by atoms with Gasteiger partial charge >= 0.3 is 0 Å². The van der Waals surface area contributed by atoms with Crippen molar-refractivity contribution in [3.05, 3.63) is 70.6 Å². The normalized spacial score (nSPS) is 12.0. The van der Waals surface area contributed by atoms with E-state index in [9.17, 15) is 4.79 Å². The summed E-state index contributed by atoms with van der Waals surface area (Å²) in [6, 6.07) is 13.6. The lowest BCUT2D eigenvalue weighted by Crippen LogP contribution is -2.23. The SMILES string of the molecule is Cc1[nH]c(S[C@@H](C)C(=O)Nc2ccc(Cl)cn2)nc1Cc1ccccc1. The number of hydrogen-bond acceptors (Lipinski definition) is 4. The summed E-state index contributed by atoms with van der Waals surface area (Å²) in [5.41, 5.74) is 3.22. The maximum atomic E-state index is 12.3. The zero-order valence-corrected chi connectivity index (χ0v) is 16.1. The summed E-state index contributed by atoms with van der Waals surface area (Å²) in [6.07, 6.45) is 2.26. The summed E-state index contributed by atoms with van der Waals surface area (Å²) >= 11 is 7.19. The van der Waals surface area contributed by atoms with Gasteiger partial charge in [0.15, 0.2) is 5.16 Å². The van der Waals surface area contributed by atoms with Gasteiger partial charge in [0.25, 0.3) is 0 Å². The smallest absolute Gasteiger partial charge is 0.238 e. The minimum Gasteiger partial charge on any atom is -0.337 e. The zero-order chi connectivity index (χ0) is 18.5. The minimum absolute atomic E-state index is 0.136. The van der Waals surface area contributed by atoms with Crippen LogP contribution in [0.2, 0.25) is 5.02 Å². The molecule has 0 saturated carbocycles. The lowest BCUT2D eigenvalue weighted by Gasteiger charge is -2.09. The first-order valence-electron chi connectivity index (χ1n) is 8.20. The van der Waals surface area contributed by atoms with E-state index in [2.05, 4.69) is 32.4 Å². The third-order valence-corrected chi connectivity index (χ3v) is 5.02. The first-order valence-corrected chi connectivity index (χ1v) is 9.45. The summed E-state index contributed by atoms with van der Waals surface area (Å²) in [5, 5.41) is 3.73. The molecule has 26 heavy (non-hydrogen) atoms. The van der Waals surface area contributed by atoms with Crippen LogP contribution in [-0.4, -0.2) is 26.1 Å². The predicted molar refractivity (Wildman–Crippen MR) is 106 cm³/mol. The molecule has 1 amide bonds. The highest BCUT2D eigenvalue weighted by Gasteiger charge is 2.18. The molecule has 0 fully saturated rings. The number of anilines is 1. The maximum absolute atomic E-state index is 12.3. The molecule has 5 nitrogen and oxygen atoms in total. The second kappa shape index (κ2) is 8.38. The molecule has 0 aliphatic rings. The van der Waals surface area contributed by atoms with Gasteiger partial charge in [-0.05, 0) is 31.5 Å². The Morgan fingerprint density at radius 3 is 2.73 bits per heavy atom. The average Bonchev–Trinajstić information content (AvgIpc) is 2.97. The molecule has 0 radical (unpaired) electrons. The van der Waals surface area contributed by atoms with E-state index < -0.39 is 0 Å². The fourth-order valence-electron chi connectivity index (χ4n) is 2.38. The molecule has 7 heteroatoms. The predicted octanol–water partition coefficient (Wildman–Crippen LogP) is 4.48.